The molecule has 0 radical (unpaired) electrons. The predicted octanol–water partition coefficient (Wildman–Crippen LogP) is 9.97. The molecule has 41 heavy (non-hydrogen) atoms. The molecule has 2 aliphatic rings. The summed E-state index contributed by atoms with van der Waals surface area (Å²) < 4.78 is 13.0. The van der Waals surface area contributed by atoms with Gasteiger partial charge in [0.2, 0.25) is 0 Å². The molecule has 0 unspecified atom stereocenters. The average molecular weight is 628 g/mol. The minimum atomic E-state index is 0.265. The molecule has 0 fully saturated rings. The number of rotatable bonds is 8. The molecule has 0 saturated carbocycles. The van der Waals surface area contributed by atoms with Crippen molar-refractivity contribution in [3.05, 3.63) is 128 Å². The van der Waals surface area contributed by atoms with Crippen molar-refractivity contribution in [1.82, 2.24) is 0 Å². The van der Waals surface area contributed by atoms with E-state index < -0.39 is 0 Å². The largest absolute Gasteiger partial charge is 0.490 e. The van der Waals surface area contributed by atoms with E-state index >= 15 is 0 Å². The molecule has 6 rings (SSSR count). The van der Waals surface area contributed by atoms with E-state index in [2.05, 4.69) is 82.8 Å². The van der Waals surface area contributed by atoms with Gasteiger partial charge in [0.05, 0.1) is 23.4 Å². The third kappa shape index (κ3) is 6.07. The van der Waals surface area contributed by atoms with Crippen molar-refractivity contribution in [2.24, 2.45) is 10.9 Å². The van der Waals surface area contributed by atoms with Crippen molar-refractivity contribution in [2.75, 3.05) is 11.9 Å². The van der Waals surface area contributed by atoms with Crippen LogP contribution in [0.4, 0.5) is 11.4 Å². The van der Waals surface area contributed by atoms with E-state index in [1.54, 1.807) is 0 Å². The summed E-state index contributed by atoms with van der Waals surface area (Å²) in [6.45, 7) is 5.01. The van der Waals surface area contributed by atoms with Crippen LogP contribution in [0.3, 0.4) is 0 Å². The number of fused-ring (bicyclic) bond motifs is 3. The van der Waals surface area contributed by atoms with Gasteiger partial charge in [-0.1, -0.05) is 81.6 Å². The Labute approximate surface area is 255 Å². The highest BCUT2D eigenvalue weighted by molar-refractivity contribution is 9.10. The molecule has 3 atom stereocenters. The summed E-state index contributed by atoms with van der Waals surface area (Å²) in [5.74, 6) is 2.11. The highest BCUT2D eigenvalue weighted by Gasteiger charge is 2.37. The lowest BCUT2D eigenvalue weighted by molar-refractivity contribution is 0.269. The van der Waals surface area contributed by atoms with Crippen molar-refractivity contribution >= 4 is 45.1 Å². The van der Waals surface area contributed by atoms with E-state index in [4.69, 9.17) is 26.1 Å². The molecule has 4 nitrogen and oxygen atoms in total. The Morgan fingerprint density at radius 2 is 1.80 bits per heavy atom. The third-order valence-electron chi connectivity index (χ3n) is 7.76. The molecule has 4 aromatic carbocycles. The molecule has 6 heteroatoms. The van der Waals surface area contributed by atoms with Crippen LogP contribution in [0.15, 0.2) is 100 Å². The predicted molar refractivity (Wildman–Crippen MR) is 172 cm³/mol. The fourth-order valence-corrected chi connectivity index (χ4v) is 6.30. The Morgan fingerprint density at radius 1 is 1.00 bits per heavy atom. The fraction of sp³-hybridized carbons (Fsp3) is 0.229. The van der Waals surface area contributed by atoms with Crippen LogP contribution >= 0.6 is 27.5 Å². The number of halogens is 2. The van der Waals surface area contributed by atoms with Gasteiger partial charge in [0.1, 0.15) is 6.61 Å². The molecular weight excluding hydrogens is 596 g/mol. The van der Waals surface area contributed by atoms with Crippen LogP contribution in [0.1, 0.15) is 53.1 Å². The van der Waals surface area contributed by atoms with Gasteiger partial charge in [-0.25, -0.2) is 0 Å². The maximum Gasteiger partial charge on any atom is 0.180 e. The van der Waals surface area contributed by atoms with Gasteiger partial charge in [0, 0.05) is 22.3 Å². The molecule has 0 saturated heterocycles. The number of aliphatic imine (C=N–C) groups is 1. The number of nitrogens with one attached hydrogen (secondary N) is 1. The first-order chi connectivity index (χ1) is 20.0. The lowest BCUT2D eigenvalue weighted by Gasteiger charge is -2.37. The molecule has 0 bridgehead atoms. The second-order valence-electron chi connectivity index (χ2n) is 10.6. The SMILES string of the molecule is CCOc1cc(C=Nc2ccc([C@@H]3Nc4ccc(C)cc4[C@H]4C=CC[C@@H]43)cc2)cc(Cl)c1OCc1ccc(Br)cc1. The van der Waals surface area contributed by atoms with Crippen molar-refractivity contribution in [1.29, 1.82) is 0 Å². The lowest BCUT2D eigenvalue weighted by Crippen LogP contribution is -2.29. The third-order valence-corrected chi connectivity index (χ3v) is 8.57. The van der Waals surface area contributed by atoms with E-state index in [-0.39, 0.29) is 6.04 Å². The second kappa shape index (κ2) is 12.1. The van der Waals surface area contributed by atoms with Crippen molar-refractivity contribution < 1.29 is 9.47 Å². The Balaban J connectivity index is 1.17. The van der Waals surface area contributed by atoms with Gasteiger partial charge in [0.15, 0.2) is 11.5 Å². The maximum absolute atomic E-state index is 6.65. The first-order valence-corrected chi connectivity index (χ1v) is 15.2. The summed E-state index contributed by atoms with van der Waals surface area (Å²) in [6.07, 6.45) is 7.62. The molecule has 1 aliphatic heterocycles. The number of hydrogen-bond donors (Lipinski definition) is 1. The standard InChI is InChI=1S/C35H32BrClN2O2/c1-3-40-33-19-24(18-31(37)35(33)41-21-23-8-12-26(36)13-9-23)20-38-27-14-10-25(11-15-27)34-29-6-4-5-28(29)30-17-22(2)7-16-32(30)39-34/h4-5,7-20,28-29,34,39H,3,6,21H2,1-2H3/t28-,29-,34-/m0/s1. The van der Waals surface area contributed by atoms with E-state index in [9.17, 15) is 0 Å². The van der Waals surface area contributed by atoms with Crippen LogP contribution < -0.4 is 14.8 Å². The summed E-state index contributed by atoms with van der Waals surface area (Å²) in [5, 5.41) is 4.31. The van der Waals surface area contributed by atoms with Gasteiger partial charge in [-0.15, -0.1) is 0 Å². The van der Waals surface area contributed by atoms with Crippen LogP contribution in [0.25, 0.3) is 0 Å². The second-order valence-corrected chi connectivity index (χ2v) is 11.9. The molecule has 0 amide bonds. The summed E-state index contributed by atoms with van der Waals surface area (Å²) in [7, 11) is 0. The fourth-order valence-electron chi connectivity index (χ4n) is 5.76. The number of aryl methyl sites for hydroxylation is 1. The molecule has 1 aliphatic carbocycles. The first-order valence-electron chi connectivity index (χ1n) is 14.0. The van der Waals surface area contributed by atoms with Gasteiger partial charge < -0.3 is 14.8 Å². The Hall–Kier alpha value is -3.54. The monoisotopic (exact) mass is 626 g/mol. The number of benzene rings is 4. The number of allylic oxidation sites excluding steroid dienone is 2. The van der Waals surface area contributed by atoms with Gasteiger partial charge in [-0.3, -0.25) is 4.99 Å². The van der Waals surface area contributed by atoms with E-state index in [0.717, 1.165) is 27.7 Å². The van der Waals surface area contributed by atoms with E-state index in [1.165, 1.54) is 22.4 Å². The summed E-state index contributed by atoms with van der Waals surface area (Å²) in [4.78, 5) is 4.73. The van der Waals surface area contributed by atoms with Crippen molar-refractivity contribution in [3.63, 3.8) is 0 Å². The summed E-state index contributed by atoms with van der Waals surface area (Å²) in [6, 6.07) is 27.3. The molecule has 208 valence electrons. The maximum atomic E-state index is 6.65. The first kappa shape index (κ1) is 27.6. The Morgan fingerprint density at radius 3 is 2.59 bits per heavy atom. The van der Waals surface area contributed by atoms with Crippen LogP contribution in [-0.4, -0.2) is 12.8 Å². The molecular formula is C35H32BrClN2O2. The number of nitrogens with zero attached hydrogens (tertiary/aromatic N) is 1. The molecule has 4 aromatic rings. The highest BCUT2D eigenvalue weighted by atomic mass is 79.9. The van der Waals surface area contributed by atoms with Gasteiger partial charge in [0.25, 0.3) is 0 Å². The van der Waals surface area contributed by atoms with Gasteiger partial charge >= 0.3 is 0 Å². The van der Waals surface area contributed by atoms with E-state index in [1.807, 2.05) is 49.5 Å². The quantitative estimate of drug-likeness (QED) is 0.156. The Kier molecular flexibility index (Phi) is 8.18. The average Bonchev–Trinajstić information content (AvgIpc) is 3.47. The number of hydrogen-bond acceptors (Lipinski definition) is 4. The smallest absolute Gasteiger partial charge is 0.180 e. The van der Waals surface area contributed by atoms with Crippen molar-refractivity contribution in [2.45, 2.75) is 38.8 Å². The zero-order valence-corrected chi connectivity index (χ0v) is 25.5. The van der Waals surface area contributed by atoms with Crippen LogP contribution in [0.5, 0.6) is 11.5 Å². The Bertz CT molecular complexity index is 1600. The molecule has 0 aromatic heterocycles. The van der Waals surface area contributed by atoms with Crippen LogP contribution in [-0.2, 0) is 6.61 Å². The zero-order chi connectivity index (χ0) is 28.3. The number of anilines is 1. The molecule has 0 spiro atoms. The van der Waals surface area contributed by atoms with Gasteiger partial charge in [-0.2, -0.15) is 0 Å². The van der Waals surface area contributed by atoms with Gasteiger partial charge in [-0.05, 0) is 90.9 Å². The minimum absolute atomic E-state index is 0.265. The summed E-state index contributed by atoms with van der Waals surface area (Å²) in [5.41, 5.74) is 8.01. The van der Waals surface area contributed by atoms with E-state index in [0.29, 0.717) is 41.6 Å². The topological polar surface area (TPSA) is 42.8 Å². The summed E-state index contributed by atoms with van der Waals surface area (Å²) >= 11 is 10.1. The normalized spacial score (nSPS) is 19.1. The zero-order valence-electron chi connectivity index (χ0n) is 23.1. The minimum Gasteiger partial charge on any atom is -0.490 e. The molecule has 1 heterocycles. The molecule has 1 N–H and O–H groups in total. The highest BCUT2D eigenvalue weighted by Crippen LogP contribution is 2.50. The van der Waals surface area contributed by atoms with Crippen LogP contribution in [0.2, 0.25) is 5.02 Å². The van der Waals surface area contributed by atoms with Crippen LogP contribution in [0, 0.1) is 12.8 Å². The lowest BCUT2D eigenvalue weighted by atomic mass is 9.76. The van der Waals surface area contributed by atoms with Crippen molar-refractivity contribution in [3.8, 4) is 11.5 Å². The number of ether oxygens (including phenoxy) is 2.